The molecular formula is C13H9F7N2OS. The summed E-state index contributed by atoms with van der Waals surface area (Å²) >= 11 is -1.03. The molecule has 0 aliphatic carbocycles. The van der Waals surface area contributed by atoms with E-state index >= 15 is 0 Å². The number of halogens is 7. The molecule has 2 aromatic rings. The molecule has 0 radical (unpaired) electrons. The summed E-state index contributed by atoms with van der Waals surface area (Å²) in [5.74, 6) is -6.77. The molecular weight excluding hydrogens is 365 g/mol. The fraction of sp³-hybridized carbons (Fsp3) is 0.385. The minimum Gasteiger partial charge on any atom is -0.311 e. The van der Waals surface area contributed by atoms with E-state index in [1.807, 2.05) is 0 Å². The summed E-state index contributed by atoms with van der Waals surface area (Å²) in [6.45, 7) is 0.627. The largest absolute Gasteiger partial charge is 0.460 e. The summed E-state index contributed by atoms with van der Waals surface area (Å²) in [6, 6.07) is 5.70. The number of nitrogens with zero attached hydrogens (tertiary/aromatic N) is 2. The molecule has 0 aliphatic heterocycles. The summed E-state index contributed by atoms with van der Waals surface area (Å²) in [4.78, 5) is 14.9. The van der Waals surface area contributed by atoms with Gasteiger partial charge >= 0.3 is 17.4 Å². The molecule has 0 aliphatic rings. The lowest BCUT2D eigenvalue weighted by atomic mass is 10.3. The van der Waals surface area contributed by atoms with Gasteiger partial charge in [0.1, 0.15) is 5.78 Å². The van der Waals surface area contributed by atoms with Crippen molar-refractivity contribution in [3.05, 3.63) is 24.3 Å². The highest BCUT2D eigenvalue weighted by Crippen LogP contribution is 2.53. The van der Waals surface area contributed by atoms with Crippen LogP contribution in [0.2, 0.25) is 0 Å². The van der Waals surface area contributed by atoms with Crippen LogP contribution in [0.3, 0.4) is 0 Å². The lowest BCUT2D eigenvalue weighted by Crippen LogP contribution is -2.50. The van der Waals surface area contributed by atoms with Gasteiger partial charge in [0.2, 0.25) is 0 Å². The number of Topliss-reactive ketones (excluding diaryl/α,β-unsaturated/α-hetero) is 1. The Kier molecular flexibility index (Phi) is 4.59. The van der Waals surface area contributed by atoms with Crippen LogP contribution in [0.15, 0.2) is 29.4 Å². The molecule has 132 valence electrons. The number of carbonyl (C=O) groups excluding carboxylic acids is 1. The summed E-state index contributed by atoms with van der Waals surface area (Å²) in [6.07, 6.45) is -6.43. The van der Waals surface area contributed by atoms with Crippen molar-refractivity contribution in [1.29, 1.82) is 0 Å². The van der Waals surface area contributed by atoms with Crippen LogP contribution in [-0.2, 0) is 11.3 Å². The number of hydrogen-bond acceptors (Lipinski definition) is 3. The molecule has 24 heavy (non-hydrogen) atoms. The van der Waals surface area contributed by atoms with E-state index in [9.17, 15) is 35.5 Å². The molecule has 1 aromatic carbocycles. The number of fused-ring (bicyclic) bond motifs is 1. The van der Waals surface area contributed by atoms with Crippen molar-refractivity contribution in [1.82, 2.24) is 9.55 Å². The van der Waals surface area contributed by atoms with Gasteiger partial charge in [0.15, 0.2) is 5.16 Å². The number of aromatic nitrogens is 2. The fourth-order valence-corrected chi connectivity index (χ4v) is 2.74. The first-order chi connectivity index (χ1) is 10.9. The Hall–Kier alpha value is -1.78. The highest BCUT2D eigenvalue weighted by Gasteiger charge is 2.74. The predicted molar refractivity (Wildman–Crippen MR) is 72.2 cm³/mol. The number of hydrogen-bond donors (Lipinski definition) is 0. The molecule has 0 amide bonds. The van der Waals surface area contributed by atoms with E-state index in [1.165, 1.54) is 24.3 Å². The smallest absolute Gasteiger partial charge is 0.311 e. The molecule has 0 bridgehead atoms. The van der Waals surface area contributed by atoms with Crippen molar-refractivity contribution in [3.8, 4) is 0 Å². The van der Waals surface area contributed by atoms with Gasteiger partial charge in [-0.2, -0.15) is 30.7 Å². The molecule has 1 aromatic heterocycles. The van der Waals surface area contributed by atoms with Crippen molar-refractivity contribution in [3.63, 3.8) is 0 Å². The molecule has 0 fully saturated rings. The monoisotopic (exact) mass is 374 g/mol. The zero-order valence-electron chi connectivity index (χ0n) is 11.9. The number of thioether (sulfide) groups is 1. The maximum Gasteiger partial charge on any atom is 0.460 e. The van der Waals surface area contributed by atoms with Gasteiger partial charge in [0.25, 0.3) is 0 Å². The molecule has 2 rings (SSSR count). The van der Waals surface area contributed by atoms with Crippen LogP contribution in [0.4, 0.5) is 30.7 Å². The minimum atomic E-state index is -6.43. The van der Waals surface area contributed by atoms with Gasteiger partial charge in [-0.25, -0.2) is 4.98 Å². The summed E-state index contributed by atoms with van der Waals surface area (Å²) in [7, 11) is 0. The van der Waals surface area contributed by atoms with E-state index in [0.717, 1.165) is 11.5 Å². The number of rotatable bonds is 5. The third kappa shape index (κ3) is 3.21. The van der Waals surface area contributed by atoms with E-state index < -0.39 is 46.6 Å². The van der Waals surface area contributed by atoms with Crippen molar-refractivity contribution in [2.75, 3.05) is 0 Å². The van der Waals surface area contributed by atoms with Gasteiger partial charge in [-0.05, 0) is 30.8 Å². The first-order valence-corrected chi connectivity index (χ1v) is 7.14. The zero-order valence-corrected chi connectivity index (χ0v) is 12.7. The number of benzene rings is 1. The molecule has 3 nitrogen and oxygen atoms in total. The Morgan fingerprint density at radius 2 is 1.71 bits per heavy atom. The van der Waals surface area contributed by atoms with E-state index in [2.05, 4.69) is 4.98 Å². The van der Waals surface area contributed by atoms with Gasteiger partial charge in [0, 0.05) is 0 Å². The van der Waals surface area contributed by atoms with E-state index in [1.54, 1.807) is 0 Å². The standard InChI is InChI=1S/C13H9F7N2OS/c1-7(23)6-22-9-5-3-2-4-8(9)21-10(22)24-13(19,20)11(14,15)12(16,17)18/h2-5H,6H2,1H3. The Morgan fingerprint density at radius 3 is 2.25 bits per heavy atom. The molecule has 0 unspecified atom stereocenters. The molecule has 11 heteroatoms. The van der Waals surface area contributed by atoms with Crippen LogP contribution < -0.4 is 0 Å². The van der Waals surface area contributed by atoms with Crippen LogP contribution in [0.1, 0.15) is 6.92 Å². The van der Waals surface area contributed by atoms with E-state index in [-0.39, 0.29) is 11.0 Å². The second-order valence-electron chi connectivity index (χ2n) is 4.86. The van der Waals surface area contributed by atoms with Crippen molar-refractivity contribution >= 4 is 28.6 Å². The number of imidazole rings is 1. The van der Waals surface area contributed by atoms with E-state index in [0.29, 0.717) is 0 Å². The molecule has 0 atom stereocenters. The second-order valence-corrected chi connectivity index (χ2v) is 5.94. The summed E-state index contributed by atoms with van der Waals surface area (Å²) < 4.78 is 90.8. The summed E-state index contributed by atoms with van der Waals surface area (Å²) in [5.41, 5.74) is 0.258. The van der Waals surface area contributed by atoms with Gasteiger partial charge in [-0.1, -0.05) is 12.1 Å². The quantitative estimate of drug-likeness (QED) is 0.571. The highest BCUT2D eigenvalue weighted by atomic mass is 32.2. The van der Waals surface area contributed by atoms with E-state index in [4.69, 9.17) is 0 Å². The molecule has 0 spiro atoms. The molecule has 0 N–H and O–H groups in total. The SMILES string of the molecule is CC(=O)Cn1c(SC(F)(F)C(F)(F)C(F)(F)F)nc2ccccc21. The van der Waals surface area contributed by atoms with Crippen molar-refractivity contribution < 1.29 is 35.5 Å². The lowest BCUT2D eigenvalue weighted by molar-refractivity contribution is -0.330. The van der Waals surface area contributed by atoms with Gasteiger partial charge in [-0.15, -0.1) is 0 Å². The van der Waals surface area contributed by atoms with Crippen LogP contribution in [0.25, 0.3) is 11.0 Å². The van der Waals surface area contributed by atoms with Crippen LogP contribution in [-0.4, -0.2) is 32.7 Å². The van der Waals surface area contributed by atoms with Crippen LogP contribution >= 0.6 is 11.8 Å². The Balaban J connectivity index is 2.51. The lowest BCUT2D eigenvalue weighted by Gasteiger charge is -2.27. The normalized spacial score (nSPS) is 13.5. The average molecular weight is 374 g/mol. The first kappa shape index (κ1) is 18.6. The molecule has 0 saturated carbocycles. The molecule has 1 heterocycles. The van der Waals surface area contributed by atoms with Crippen LogP contribution in [0, 0.1) is 0 Å². The number of para-hydroxylation sites is 2. The maximum absolute atomic E-state index is 13.6. The van der Waals surface area contributed by atoms with Gasteiger partial charge in [0.05, 0.1) is 17.6 Å². The number of alkyl halides is 7. The maximum atomic E-state index is 13.6. The molecule has 0 saturated heterocycles. The van der Waals surface area contributed by atoms with Crippen molar-refractivity contribution in [2.45, 2.75) is 36.0 Å². The first-order valence-electron chi connectivity index (χ1n) is 6.33. The minimum absolute atomic E-state index is 0.0902. The number of carbonyl (C=O) groups is 1. The zero-order chi connectivity index (χ0) is 18.3. The summed E-state index contributed by atoms with van der Waals surface area (Å²) in [5, 5.41) is -6.30. The highest BCUT2D eigenvalue weighted by molar-refractivity contribution is 8.00. The van der Waals surface area contributed by atoms with Crippen molar-refractivity contribution in [2.24, 2.45) is 0 Å². The van der Waals surface area contributed by atoms with Gasteiger partial charge in [-0.3, -0.25) is 4.79 Å². The topological polar surface area (TPSA) is 34.9 Å². The fourth-order valence-electron chi connectivity index (χ4n) is 1.85. The van der Waals surface area contributed by atoms with Gasteiger partial charge < -0.3 is 4.57 Å². The van der Waals surface area contributed by atoms with Crippen LogP contribution in [0.5, 0.6) is 0 Å². The third-order valence-electron chi connectivity index (χ3n) is 2.94. The Bertz CT molecular complexity index is 769. The predicted octanol–water partition coefficient (Wildman–Crippen LogP) is 4.51. The number of ketones is 1. The Morgan fingerprint density at radius 1 is 1.12 bits per heavy atom. The second kappa shape index (κ2) is 5.94. The Labute approximate surface area is 134 Å². The average Bonchev–Trinajstić information content (AvgIpc) is 2.74. The third-order valence-corrected chi connectivity index (χ3v) is 3.95.